The average Bonchev–Trinajstić information content (AvgIpc) is 2.63. The predicted octanol–water partition coefficient (Wildman–Crippen LogP) is 3.08. The molecule has 0 spiro atoms. The lowest BCUT2D eigenvalue weighted by molar-refractivity contribution is -0.137. The first-order valence-electron chi connectivity index (χ1n) is 8.16. The third-order valence-corrected chi connectivity index (χ3v) is 4.20. The SMILES string of the molecule is O=C(O)N1CCN(Cc2ccc(C(F)(F)F)cc2Oc2cncnc2)CC1. The van der Waals surface area contributed by atoms with Gasteiger partial charge in [0.2, 0.25) is 0 Å². The summed E-state index contributed by atoms with van der Waals surface area (Å²) in [6, 6.07) is 3.35. The van der Waals surface area contributed by atoms with Crippen molar-refractivity contribution in [2.75, 3.05) is 26.2 Å². The van der Waals surface area contributed by atoms with Gasteiger partial charge in [-0.15, -0.1) is 0 Å². The van der Waals surface area contributed by atoms with Gasteiger partial charge in [0.15, 0.2) is 5.75 Å². The standard InChI is InChI=1S/C17H17F3N4O3/c18-17(19,20)13-2-1-12(10-23-3-5-24(6-4-23)16(25)26)15(7-13)27-14-8-21-11-22-9-14/h1-2,7-9,11H,3-6,10H2,(H,25,26). The van der Waals surface area contributed by atoms with E-state index in [9.17, 15) is 18.0 Å². The molecule has 0 saturated carbocycles. The van der Waals surface area contributed by atoms with E-state index in [1.807, 2.05) is 4.90 Å². The Morgan fingerprint density at radius 3 is 2.41 bits per heavy atom. The number of carbonyl (C=O) groups is 1. The number of halogens is 3. The largest absolute Gasteiger partial charge is 0.465 e. The Bertz CT molecular complexity index is 794. The zero-order chi connectivity index (χ0) is 19.4. The van der Waals surface area contributed by atoms with Crippen LogP contribution in [0.2, 0.25) is 0 Å². The van der Waals surface area contributed by atoms with Gasteiger partial charge in [-0.1, -0.05) is 6.07 Å². The van der Waals surface area contributed by atoms with Crippen LogP contribution in [0, 0.1) is 0 Å². The third kappa shape index (κ3) is 4.85. The number of piperazine rings is 1. The fourth-order valence-electron chi connectivity index (χ4n) is 2.76. The zero-order valence-corrected chi connectivity index (χ0v) is 14.2. The van der Waals surface area contributed by atoms with Crippen molar-refractivity contribution in [1.29, 1.82) is 0 Å². The molecule has 2 aromatic rings. The van der Waals surface area contributed by atoms with Gasteiger partial charge in [-0.2, -0.15) is 13.2 Å². The monoisotopic (exact) mass is 382 g/mol. The molecule has 1 fully saturated rings. The minimum atomic E-state index is -4.49. The van der Waals surface area contributed by atoms with E-state index in [0.717, 1.165) is 12.1 Å². The molecule has 0 radical (unpaired) electrons. The van der Waals surface area contributed by atoms with Crippen molar-refractivity contribution in [3.05, 3.63) is 48.0 Å². The molecule has 1 saturated heterocycles. The van der Waals surface area contributed by atoms with Crippen LogP contribution in [0.4, 0.5) is 18.0 Å². The molecular formula is C17H17F3N4O3. The maximum absolute atomic E-state index is 13.1. The second-order valence-corrected chi connectivity index (χ2v) is 6.04. The summed E-state index contributed by atoms with van der Waals surface area (Å²) in [6.07, 6.45) is -1.44. The molecule has 0 aliphatic carbocycles. The second kappa shape index (κ2) is 7.78. The Morgan fingerprint density at radius 2 is 1.81 bits per heavy atom. The molecule has 1 aromatic carbocycles. The van der Waals surface area contributed by atoms with Crippen LogP contribution in [-0.4, -0.2) is 57.1 Å². The summed E-state index contributed by atoms with van der Waals surface area (Å²) >= 11 is 0. The lowest BCUT2D eigenvalue weighted by atomic mass is 10.1. The molecule has 2 heterocycles. The van der Waals surface area contributed by atoms with Crippen molar-refractivity contribution in [3.8, 4) is 11.5 Å². The lowest BCUT2D eigenvalue weighted by Crippen LogP contribution is -2.47. The van der Waals surface area contributed by atoms with E-state index in [1.54, 1.807) is 0 Å². The Hall–Kier alpha value is -2.88. The number of hydrogen-bond donors (Lipinski definition) is 1. The highest BCUT2D eigenvalue weighted by atomic mass is 19.4. The smallest absolute Gasteiger partial charge is 0.416 e. The maximum Gasteiger partial charge on any atom is 0.416 e. The molecular weight excluding hydrogens is 365 g/mol. The fraction of sp³-hybridized carbons (Fsp3) is 0.353. The first-order chi connectivity index (χ1) is 12.8. The van der Waals surface area contributed by atoms with Gasteiger partial charge in [0.25, 0.3) is 0 Å². The number of rotatable bonds is 4. The summed E-state index contributed by atoms with van der Waals surface area (Å²) in [5, 5.41) is 9.00. The van der Waals surface area contributed by atoms with Gasteiger partial charge in [-0.05, 0) is 12.1 Å². The molecule has 10 heteroatoms. The van der Waals surface area contributed by atoms with Crippen LogP contribution in [-0.2, 0) is 12.7 Å². The summed E-state index contributed by atoms with van der Waals surface area (Å²) in [5.41, 5.74) is -0.246. The van der Waals surface area contributed by atoms with Crippen LogP contribution in [0.3, 0.4) is 0 Å². The van der Waals surface area contributed by atoms with E-state index in [4.69, 9.17) is 9.84 Å². The summed E-state index contributed by atoms with van der Waals surface area (Å²) < 4.78 is 44.8. The van der Waals surface area contributed by atoms with Crippen LogP contribution >= 0.6 is 0 Å². The third-order valence-electron chi connectivity index (χ3n) is 4.20. The predicted molar refractivity (Wildman–Crippen MR) is 88.4 cm³/mol. The van der Waals surface area contributed by atoms with Crippen molar-refractivity contribution in [3.63, 3.8) is 0 Å². The molecule has 1 amide bonds. The van der Waals surface area contributed by atoms with Crippen molar-refractivity contribution in [2.45, 2.75) is 12.7 Å². The quantitative estimate of drug-likeness (QED) is 0.876. The second-order valence-electron chi connectivity index (χ2n) is 6.04. The van der Waals surface area contributed by atoms with Crippen LogP contribution in [0.15, 0.2) is 36.9 Å². The minimum Gasteiger partial charge on any atom is -0.465 e. The number of ether oxygens (including phenoxy) is 1. The number of benzene rings is 1. The molecule has 144 valence electrons. The maximum atomic E-state index is 13.1. The molecule has 0 unspecified atom stereocenters. The number of carboxylic acid groups (broad SMARTS) is 1. The molecule has 27 heavy (non-hydrogen) atoms. The van der Waals surface area contributed by atoms with Gasteiger partial charge < -0.3 is 14.7 Å². The molecule has 0 bridgehead atoms. The molecule has 7 nitrogen and oxygen atoms in total. The Balaban J connectivity index is 1.80. The molecule has 0 atom stereocenters. The van der Waals surface area contributed by atoms with Crippen molar-refractivity contribution in [1.82, 2.24) is 19.8 Å². The van der Waals surface area contributed by atoms with Gasteiger partial charge in [0.05, 0.1) is 18.0 Å². The first kappa shape index (κ1) is 18.9. The number of alkyl halides is 3. The van der Waals surface area contributed by atoms with Gasteiger partial charge in [0.1, 0.15) is 12.1 Å². The van der Waals surface area contributed by atoms with E-state index in [0.29, 0.717) is 38.3 Å². The van der Waals surface area contributed by atoms with E-state index in [1.165, 1.54) is 29.7 Å². The number of aromatic nitrogens is 2. The highest BCUT2D eigenvalue weighted by Crippen LogP contribution is 2.35. The highest BCUT2D eigenvalue weighted by molar-refractivity contribution is 5.65. The minimum absolute atomic E-state index is 0.0697. The summed E-state index contributed by atoms with van der Waals surface area (Å²) in [6.45, 7) is 2.01. The Labute approximate surface area is 153 Å². The van der Waals surface area contributed by atoms with E-state index in [2.05, 4.69) is 9.97 Å². The Morgan fingerprint density at radius 1 is 1.15 bits per heavy atom. The number of nitrogens with zero attached hydrogens (tertiary/aromatic N) is 4. The summed E-state index contributed by atoms with van der Waals surface area (Å²) in [4.78, 5) is 21.8. The van der Waals surface area contributed by atoms with Crippen LogP contribution in [0.5, 0.6) is 11.5 Å². The number of hydrogen-bond acceptors (Lipinski definition) is 5. The van der Waals surface area contributed by atoms with Crippen molar-refractivity contribution in [2.24, 2.45) is 0 Å². The zero-order valence-electron chi connectivity index (χ0n) is 14.2. The molecule has 1 aromatic heterocycles. The summed E-state index contributed by atoms with van der Waals surface area (Å²) in [5.74, 6) is 0.300. The first-order valence-corrected chi connectivity index (χ1v) is 8.16. The van der Waals surface area contributed by atoms with Gasteiger partial charge in [-0.3, -0.25) is 4.90 Å². The van der Waals surface area contributed by atoms with Gasteiger partial charge >= 0.3 is 12.3 Å². The molecule has 3 rings (SSSR count). The summed E-state index contributed by atoms with van der Waals surface area (Å²) in [7, 11) is 0. The number of amides is 1. The van der Waals surface area contributed by atoms with E-state index >= 15 is 0 Å². The highest BCUT2D eigenvalue weighted by Gasteiger charge is 2.31. The van der Waals surface area contributed by atoms with Crippen LogP contribution in [0.1, 0.15) is 11.1 Å². The molecule has 1 N–H and O–H groups in total. The van der Waals surface area contributed by atoms with Gasteiger partial charge in [0, 0.05) is 38.3 Å². The van der Waals surface area contributed by atoms with Crippen molar-refractivity contribution < 1.29 is 27.8 Å². The van der Waals surface area contributed by atoms with E-state index in [-0.39, 0.29) is 11.5 Å². The topological polar surface area (TPSA) is 78.8 Å². The molecule has 1 aliphatic heterocycles. The van der Waals surface area contributed by atoms with Crippen LogP contribution in [0.25, 0.3) is 0 Å². The average molecular weight is 382 g/mol. The normalized spacial score (nSPS) is 15.6. The van der Waals surface area contributed by atoms with Gasteiger partial charge in [-0.25, -0.2) is 14.8 Å². The Kier molecular flexibility index (Phi) is 5.45. The van der Waals surface area contributed by atoms with Crippen molar-refractivity contribution >= 4 is 6.09 Å². The molecule has 1 aliphatic rings. The fourth-order valence-corrected chi connectivity index (χ4v) is 2.76. The lowest BCUT2D eigenvalue weighted by Gasteiger charge is -2.33. The van der Waals surface area contributed by atoms with E-state index < -0.39 is 17.8 Å². The van der Waals surface area contributed by atoms with Crippen LogP contribution < -0.4 is 4.74 Å².